The maximum absolute atomic E-state index is 12.2. The third-order valence-electron chi connectivity index (χ3n) is 2.82. The highest BCUT2D eigenvalue weighted by Crippen LogP contribution is 2.15. The van der Waals surface area contributed by atoms with E-state index in [1.807, 2.05) is 13.8 Å². The molecule has 0 unspecified atom stereocenters. The van der Waals surface area contributed by atoms with Crippen LogP contribution in [0.4, 0.5) is 5.69 Å². The van der Waals surface area contributed by atoms with Crippen molar-refractivity contribution in [1.29, 1.82) is 0 Å². The molecule has 0 aliphatic rings. The van der Waals surface area contributed by atoms with Crippen LogP contribution in [0.2, 0.25) is 0 Å². The standard InChI is InChI=1S/C16H22N2O5/c1-4-22-14(23-5-2)10-17-16(21)15(20)12-8-6-7-9-13(12)18-11(3)19/h6-9,14H,4-5,10H2,1-3H3,(H,17,21)(H,18,19). The van der Waals surface area contributed by atoms with Crippen LogP contribution >= 0.6 is 0 Å². The summed E-state index contributed by atoms with van der Waals surface area (Å²) in [6.07, 6.45) is -0.604. The van der Waals surface area contributed by atoms with Gasteiger partial charge in [-0.25, -0.2) is 0 Å². The molecule has 0 spiro atoms. The van der Waals surface area contributed by atoms with E-state index in [0.717, 1.165) is 0 Å². The van der Waals surface area contributed by atoms with Gasteiger partial charge in [-0.1, -0.05) is 12.1 Å². The van der Waals surface area contributed by atoms with Crippen LogP contribution in [0.5, 0.6) is 0 Å². The second-order valence-electron chi connectivity index (χ2n) is 4.61. The average molecular weight is 322 g/mol. The van der Waals surface area contributed by atoms with E-state index in [1.54, 1.807) is 18.2 Å². The van der Waals surface area contributed by atoms with Crippen LogP contribution in [-0.4, -0.2) is 43.6 Å². The Morgan fingerprint density at radius 1 is 1.09 bits per heavy atom. The van der Waals surface area contributed by atoms with Gasteiger partial charge < -0.3 is 20.1 Å². The number of nitrogens with one attached hydrogen (secondary N) is 2. The number of anilines is 1. The lowest BCUT2D eigenvalue weighted by Crippen LogP contribution is -2.39. The Kier molecular flexibility index (Phi) is 7.93. The third-order valence-corrected chi connectivity index (χ3v) is 2.82. The van der Waals surface area contributed by atoms with E-state index < -0.39 is 18.0 Å². The lowest BCUT2D eigenvalue weighted by Gasteiger charge is -2.17. The first-order valence-electron chi connectivity index (χ1n) is 7.41. The smallest absolute Gasteiger partial charge is 0.292 e. The zero-order chi connectivity index (χ0) is 17.2. The molecule has 1 rings (SSSR count). The minimum atomic E-state index is -0.785. The first-order valence-corrected chi connectivity index (χ1v) is 7.41. The fourth-order valence-electron chi connectivity index (χ4n) is 1.90. The Hall–Kier alpha value is -2.25. The van der Waals surface area contributed by atoms with Crippen molar-refractivity contribution < 1.29 is 23.9 Å². The van der Waals surface area contributed by atoms with Crippen LogP contribution in [0.15, 0.2) is 24.3 Å². The topological polar surface area (TPSA) is 93.7 Å². The van der Waals surface area contributed by atoms with Gasteiger partial charge in [0.15, 0.2) is 6.29 Å². The van der Waals surface area contributed by atoms with Crippen LogP contribution in [0, 0.1) is 0 Å². The normalized spacial score (nSPS) is 10.4. The summed E-state index contributed by atoms with van der Waals surface area (Å²) in [6.45, 7) is 5.87. The lowest BCUT2D eigenvalue weighted by molar-refractivity contribution is -0.138. The first kappa shape index (κ1) is 18.8. The van der Waals surface area contributed by atoms with Crippen molar-refractivity contribution in [3.8, 4) is 0 Å². The molecule has 2 N–H and O–H groups in total. The van der Waals surface area contributed by atoms with Gasteiger partial charge in [0.25, 0.3) is 11.7 Å². The van der Waals surface area contributed by atoms with Crippen molar-refractivity contribution in [3.63, 3.8) is 0 Å². The van der Waals surface area contributed by atoms with Gasteiger partial charge in [-0.2, -0.15) is 0 Å². The maximum atomic E-state index is 12.2. The molecule has 7 heteroatoms. The third kappa shape index (κ3) is 6.17. The average Bonchev–Trinajstić information content (AvgIpc) is 2.52. The summed E-state index contributed by atoms with van der Waals surface area (Å²) in [5, 5.41) is 5.01. The summed E-state index contributed by atoms with van der Waals surface area (Å²) >= 11 is 0. The molecule has 1 aromatic rings. The van der Waals surface area contributed by atoms with Gasteiger partial charge in [0, 0.05) is 20.1 Å². The molecule has 7 nitrogen and oxygen atoms in total. The molecule has 23 heavy (non-hydrogen) atoms. The minimum Gasteiger partial charge on any atom is -0.351 e. The highest BCUT2D eigenvalue weighted by Gasteiger charge is 2.21. The molecule has 0 bridgehead atoms. The number of para-hydroxylation sites is 1. The van der Waals surface area contributed by atoms with Crippen molar-refractivity contribution in [2.75, 3.05) is 25.1 Å². The van der Waals surface area contributed by atoms with Crippen molar-refractivity contribution in [3.05, 3.63) is 29.8 Å². The summed E-state index contributed by atoms with van der Waals surface area (Å²) < 4.78 is 10.6. The maximum Gasteiger partial charge on any atom is 0.292 e. The van der Waals surface area contributed by atoms with Crippen LogP contribution in [0.25, 0.3) is 0 Å². The number of ether oxygens (including phenoxy) is 2. The predicted molar refractivity (Wildman–Crippen MR) is 85.1 cm³/mol. The second kappa shape index (κ2) is 9.70. The molecule has 0 saturated heterocycles. The number of carbonyl (C=O) groups excluding carboxylic acids is 3. The van der Waals surface area contributed by atoms with Gasteiger partial charge >= 0.3 is 0 Å². The second-order valence-corrected chi connectivity index (χ2v) is 4.61. The number of benzene rings is 1. The summed E-state index contributed by atoms with van der Waals surface area (Å²) in [6, 6.07) is 6.33. The number of ketones is 1. The van der Waals surface area contributed by atoms with Crippen molar-refractivity contribution in [2.45, 2.75) is 27.1 Å². The molecule has 0 aliphatic carbocycles. The molecule has 2 amide bonds. The van der Waals surface area contributed by atoms with E-state index in [0.29, 0.717) is 18.9 Å². The number of amides is 2. The van der Waals surface area contributed by atoms with Gasteiger partial charge in [0.2, 0.25) is 5.91 Å². The van der Waals surface area contributed by atoms with Gasteiger partial charge in [-0.15, -0.1) is 0 Å². The van der Waals surface area contributed by atoms with E-state index in [1.165, 1.54) is 13.0 Å². The fraction of sp³-hybridized carbons (Fsp3) is 0.438. The Morgan fingerprint density at radius 2 is 1.70 bits per heavy atom. The van der Waals surface area contributed by atoms with Crippen molar-refractivity contribution >= 4 is 23.3 Å². The van der Waals surface area contributed by atoms with Crippen molar-refractivity contribution in [1.82, 2.24) is 5.32 Å². The van der Waals surface area contributed by atoms with Gasteiger partial charge in [-0.3, -0.25) is 14.4 Å². The minimum absolute atomic E-state index is 0.0640. The van der Waals surface area contributed by atoms with E-state index in [-0.39, 0.29) is 18.0 Å². The van der Waals surface area contributed by atoms with Gasteiger partial charge in [0.1, 0.15) is 0 Å². The van der Waals surface area contributed by atoms with E-state index >= 15 is 0 Å². The van der Waals surface area contributed by atoms with E-state index in [4.69, 9.17) is 9.47 Å². The molecule has 0 radical (unpaired) electrons. The molecule has 1 aromatic carbocycles. The lowest BCUT2D eigenvalue weighted by atomic mass is 10.1. The van der Waals surface area contributed by atoms with Gasteiger partial charge in [0.05, 0.1) is 17.8 Å². The molecule has 0 atom stereocenters. The molecule has 126 valence electrons. The molecule has 0 heterocycles. The number of hydrogen-bond donors (Lipinski definition) is 2. The summed E-state index contributed by atoms with van der Waals surface area (Å²) in [7, 11) is 0. The van der Waals surface area contributed by atoms with E-state index in [2.05, 4.69) is 10.6 Å². The Balaban J connectivity index is 2.73. The zero-order valence-electron chi connectivity index (χ0n) is 13.5. The van der Waals surface area contributed by atoms with Gasteiger partial charge in [-0.05, 0) is 26.0 Å². The van der Waals surface area contributed by atoms with Crippen LogP contribution in [0.3, 0.4) is 0 Å². The summed E-state index contributed by atoms with van der Waals surface area (Å²) in [5.74, 6) is -1.84. The van der Waals surface area contributed by atoms with Crippen LogP contribution < -0.4 is 10.6 Å². The SMILES string of the molecule is CCOC(CNC(=O)C(=O)c1ccccc1NC(C)=O)OCC. The van der Waals surface area contributed by atoms with Crippen LogP contribution in [0.1, 0.15) is 31.1 Å². The molecule has 0 saturated carbocycles. The highest BCUT2D eigenvalue weighted by atomic mass is 16.7. The summed E-state index contributed by atoms with van der Waals surface area (Å²) in [4.78, 5) is 35.4. The van der Waals surface area contributed by atoms with Crippen LogP contribution in [-0.2, 0) is 19.1 Å². The highest BCUT2D eigenvalue weighted by molar-refractivity contribution is 6.44. The Morgan fingerprint density at radius 3 is 2.26 bits per heavy atom. The quantitative estimate of drug-likeness (QED) is 0.406. The number of Topliss-reactive ketones (excluding diaryl/α,β-unsaturated/α-hetero) is 1. The summed E-state index contributed by atoms with van der Waals surface area (Å²) in [5.41, 5.74) is 0.427. The molecule has 0 fully saturated rings. The first-order chi connectivity index (χ1) is 11.0. The monoisotopic (exact) mass is 322 g/mol. The predicted octanol–water partition coefficient (Wildman–Crippen LogP) is 1.34. The number of carbonyl (C=O) groups is 3. The van der Waals surface area contributed by atoms with Crippen molar-refractivity contribution in [2.24, 2.45) is 0 Å². The largest absolute Gasteiger partial charge is 0.351 e. The molecular formula is C16H22N2O5. The Labute approximate surface area is 135 Å². The Bertz CT molecular complexity index is 553. The molecule has 0 aromatic heterocycles. The fourth-order valence-corrected chi connectivity index (χ4v) is 1.90. The number of hydrogen-bond acceptors (Lipinski definition) is 5. The number of rotatable bonds is 9. The zero-order valence-corrected chi connectivity index (χ0v) is 13.5. The van der Waals surface area contributed by atoms with E-state index in [9.17, 15) is 14.4 Å². The molecular weight excluding hydrogens is 300 g/mol. The molecule has 0 aliphatic heterocycles.